The maximum Gasteiger partial charge on any atom is 0.132 e. The van der Waals surface area contributed by atoms with Crippen molar-refractivity contribution in [1.29, 1.82) is 0 Å². The van der Waals surface area contributed by atoms with E-state index in [0.717, 1.165) is 37.4 Å². The van der Waals surface area contributed by atoms with Gasteiger partial charge in [0, 0.05) is 30.9 Å². The van der Waals surface area contributed by atoms with Gasteiger partial charge in [0.1, 0.15) is 12.1 Å². The SMILES string of the molecule is Cc1cc(N2CCCC(N)C2)ncn1. The van der Waals surface area contributed by atoms with Crippen molar-refractivity contribution in [2.45, 2.75) is 25.8 Å². The Morgan fingerprint density at radius 3 is 3.07 bits per heavy atom. The van der Waals surface area contributed by atoms with E-state index in [2.05, 4.69) is 14.9 Å². The van der Waals surface area contributed by atoms with Crippen LogP contribution < -0.4 is 10.6 Å². The first-order valence-electron chi connectivity index (χ1n) is 5.05. The maximum absolute atomic E-state index is 5.92. The quantitative estimate of drug-likeness (QED) is 0.712. The van der Waals surface area contributed by atoms with Gasteiger partial charge in [-0.15, -0.1) is 0 Å². The van der Waals surface area contributed by atoms with Gasteiger partial charge < -0.3 is 10.6 Å². The van der Waals surface area contributed by atoms with E-state index in [0.29, 0.717) is 6.04 Å². The lowest BCUT2D eigenvalue weighted by molar-refractivity contribution is 0.503. The van der Waals surface area contributed by atoms with E-state index in [4.69, 9.17) is 5.73 Å². The van der Waals surface area contributed by atoms with Crippen LogP contribution >= 0.6 is 0 Å². The molecule has 2 N–H and O–H groups in total. The van der Waals surface area contributed by atoms with Crippen LogP contribution in [0.15, 0.2) is 12.4 Å². The summed E-state index contributed by atoms with van der Waals surface area (Å²) < 4.78 is 0. The van der Waals surface area contributed by atoms with Crippen LogP contribution in [-0.2, 0) is 0 Å². The summed E-state index contributed by atoms with van der Waals surface area (Å²) in [5.74, 6) is 1.01. The molecule has 1 aromatic heterocycles. The van der Waals surface area contributed by atoms with Gasteiger partial charge in [-0.3, -0.25) is 0 Å². The van der Waals surface area contributed by atoms with Gasteiger partial charge in [0.05, 0.1) is 0 Å². The van der Waals surface area contributed by atoms with Crippen LogP contribution in [0.5, 0.6) is 0 Å². The van der Waals surface area contributed by atoms with E-state index in [1.165, 1.54) is 0 Å². The van der Waals surface area contributed by atoms with Crippen LogP contribution in [-0.4, -0.2) is 29.1 Å². The summed E-state index contributed by atoms with van der Waals surface area (Å²) in [7, 11) is 0. The van der Waals surface area contributed by atoms with Crippen LogP contribution in [0.2, 0.25) is 0 Å². The van der Waals surface area contributed by atoms with Crippen LogP contribution in [0, 0.1) is 6.92 Å². The number of anilines is 1. The molecule has 0 aromatic carbocycles. The fourth-order valence-corrected chi connectivity index (χ4v) is 1.83. The van der Waals surface area contributed by atoms with E-state index in [1.807, 2.05) is 13.0 Å². The molecule has 0 saturated carbocycles. The Hall–Kier alpha value is -1.16. The lowest BCUT2D eigenvalue weighted by Gasteiger charge is -2.31. The third kappa shape index (κ3) is 2.01. The van der Waals surface area contributed by atoms with Crippen molar-refractivity contribution < 1.29 is 0 Å². The molecule has 14 heavy (non-hydrogen) atoms. The molecule has 1 fully saturated rings. The molecule has 0 aliphatic carbocycles. The van der Waals surface area contributed by atoms with Crippen molar-refractivity contribution in [3.63, 3.8) is 0 Å². The molecular formula is C10H16N4. The van der Waals surface area contributed by atoms with Gasteiger partial charge in [0.15, 0.2) is 0 Å². The van der Waals surface area contributed by atoms with E-state index in [9.17, 15) is 0 Å². The van der Waals surface area contributed by atoms with Crippen molar-refractivity contribution in [2.24, 2.45) is 5.73 Å². The Morgan fingerprint density at radius 1 is 1.50 bits per heavy atom. The summed E-state index contributed by atoms with van der Waals surface area (Å²) in [6.07, 6.45) is 3.90. The van der Waals surface area contributed by atoms with Crippen molar-refractivity contribution >= 4 is 5.82 Å². The lowest BCUT2D eigenvalue weighted by atomic mass is 10.1. The molecule has 0 spiro atoms. The third-order valence-electron chi connectivity index (χ3n) is 2.57. The third-order valence-corrected chi connectivity index (χ3v) is 2.57. The normalized spacial score (nSPS) is 22.4. The topological polar surface area (TPSA) is 55.0 Å². The number of rotatable bonds is 1. The summed E-state index contributed by atoms with van der Waals surface area (Å²) in [5.41, 5.74) is 6.92. The largest absolute Gasteiger partial charge is 0.355 e. The Kier molecular flexibility index (Phi) is 2.63. The van der Waals surface area contributed by atoms with Crippen molar-refractivity contribution in [2.75, 3.05) is 18.0 Å². The van der Waals surface area contributed by atoms with Gasteiger partial charge in [-0.1, -0.05) is 0 Å². The second kappa shape index (κ2) is 3.92. The summed E-state index contributed by atoms with van der Waals surface area (Å²) in [6, 6.07) is 2.30. The highest BCUT2D eigenvalue weighted by atomic mass is 15.2. The van der Waals surface area contributed by atoms with Gasteiger partial charge in [0.2, 0.25) is 0 Å². The smallest absolute Gasteiger partial charge is 0.132 e. The fraction of sp³-hybridized carbons (Fsp3) is 0.600. The first-order valence-corrected chi connectivity index (χ1v) is 5.05. The number of piperidine rings is 1. The van der Waals surface area contributed by atoms with Gasteiger partial charge >= 0.3 is 0 Å². The van der Waals surface area contributed by atoms with Crippen molar-refractivity contribution in [1.82, 2.24) is 9.97 Å². The van der Waals surface area contributed by atoms with E-state index in [-0.39, 0.29) is 0 Å². The average Bonchev–Trinajstić information content (AvgIpc) is 2.18. The molecular weight excluding hydrogens is 176 g/mol. The number of aromatic nitrogens is 2. The number of nitrogens with zero attached hydrogens (tertiary/aromatic N) is 3. The molecule has 0 bridgehead atoms. The molecule has 2 rings (SSSR count). The molecule has 1 unspecified atom stereocenters. The maximum atomic E-state index is 5.92. The minimum absolute atomic E-state index is 0.291. The summed E-state index contributed by atoms with van der Waals surface area (Å²) in [4.78, 5) is 10.6. The molecule has 0 radical (unpaired) electrons. The van der Waals surface area contributed by atoms with Crippen LogP contribution in [0.1, 0.15) is 18.5 Å². The summed E-state index contributed by atoms with van der Waals surface area (Å²) in [5, 5.41) is 0. The number of hydrogen-bond acceptors (Lipinski definition) is 4. The van der Waals surface area contributed by atoms with E-state index < -0.39 is 0 Å². The minimum Gasteiger partial charge on any atom is -0.355 e. The molecule has 1 aromatic rings. The van der Waals surface area contributed by atoms with E-state index >= 15 is 0 Å². The fourth-order valence-electron chi connectivity index (χ4n) is 1.83. The minimum atomic E-state index is 0.291. The summed E-state index contributed by atoms with van der Waals surface area (Å²) in [6.45, 7) is 3.95. The predicted molar refractivity (Wildman–Crippen MR) is 56.2 cm³/mol. The highest BCUT2D eigenvalue weighted by molar-refractivity contribution is 5.39. The molecule has 4 nitrogen and oxygen atoms in total. The second-order valence-electron chi connectivity index (χ2n) is 3.87. The van der Waals surface area contributed by atoms with Crippen LogP contribution in [0.25, 0.3) is 0 Å². The second-order valence-corrected chi connectivity index (χ2v) is 3.87. The number of nitrogens with two attached hydrogens (primary N) is 1. The molecule has 1 atom stereocenters. The Balaban J connectivity index is 2.14. The number of aryl methyl sites for hydroxylation is 1. The molecule has 1 saturated heterocycles. The number of hydrogen-bond donors (Lipinski definition) is 1. The Morgan fingerprint density at radius 2 is 2.36 bits per heavy atom. The molecule has 1 aliphatic rings. The predicted octanol–water partition coefficient (Wildman–Crippen LogP) is 0.713. The van der Waals surface area contributed by atoms with Crippen molar-refractivity contribution in [3.05, 3.63) is 18.1 Å². The van der Waals surface area contributed by atoms with Gasteiger partial charge in [0.25, 0.3) is 0 Å². The van der Waals surface area contributed by atoms with Gasteiger partial charge in [-0.05, 0) is 19.8 Å². The zero-order chi connectivity index (χ0) is 9.97. The zero-order valence-corrected chi connectivity index (χ0v) is 8.48. The first kappa shape index (κ1) is 9.40. The molecule has 2 heterocycles. The zero-order valence-electron chi connectivity index (χ0n) is 8.48. The highest BCUT2D eigenvalue weighted by Gasteiger charge is 2.17. The monoisotopic (exact) mass is 192 g/mol. The highest BCUT2D eigenvalue weighted by Crippen LogP contribution is 2.16. The standard InChI is InChI=1S/C10H16N4/c1-8-5-10(13-7-12-8)14-4-2-3-9(11)6-14/h5,7,9H,2-4,6,11H2,1H3. The van der Waals surface area contributed by atoms with Crippen LogP contribution in [0.4, 0.5) is 5.82 Å². The van der Waals surface area contributed by atoms with Gasteiger partial charge in [-0.2, -0.15) is 0 Å². The average molecular weight is 192 g/mol. The molecule has 0 amide bonds. The van der Waals surface area contributed by atoms with Gasteiger partial charge in [-0.25, -0.2) is 9.97 Å². The summed E-state index contributed by atoms with van der Waals surface area (Å²) >= 11 is 0. The van der Waals surface area contributed by atoms with Crippen molar-refractivity contribution in [3.8, 4) is 0 Å². The Bertz CT molecular complexity index is 313. The molecule has 1 aliphatic heterocycles. The lowest BCUT2D eigenvalue weighted by Crippen LogP contribution is -2.43. The van der Waals surface area contributed by atoms with E-state index in [1.54, 1.807) is 6.33 Å². The van der Waals surface area contributed by atoms with Crippen LogP contribution in [0.3, 0.4) is 0 Å². The first-order chi connectivity index (χ1) is 6.75. The molecule has 4 heteroatoms. The molecule has 76 valence electrons. The Labute approximate surface area is 84.2 Å².